The fourth-order valence-corrected chi connectivity index (χ4v) is 2.02. The Balaban J connectivity index is 2.17. The van der Waals surface area contributed by atoms with Gasteiger partial charge in [-0.05, 0) is 12.1 Å². The molecule has 0 heterocycles. The summed E-state index contributed by atoms with van der Waals surface area (Å²) in [5, 5.41) is 2.50. The zero-order valence-electron chi connectivity index (χ0n) is 10.5. The van der Waals surface area contributed by atoms with E-state index in [2.05, 4.69) is 10.1 Å². The summed E-state index contributed by atoms with van der Waals surface area (Å²) in [4.78, 5) is 0. The van der Waals surface area contributed by atoms with Crippen molar-refractivity contribution in [1.29, 1.82) is 0 Å². The Hall–Kier alpha value is -1.95. The van der Waals surface area contributed by atoms with E-state index < -0.39 is 18.2 Å². The molecule has 7 heteroatoms. The average Bonchev–Trinajstić information content (AvgIpc) is 2.38. The van der Waals surface area contributed by atoms with Gasteiger partial charge >= 0.3 is 6.61 Å². The Bertz CT molecular complexity index is 613. The highest BCUT2D eigenvalue weighted by molar-refractivity contribution is 6.33. The van der Waals surface area contributed by atoms with Crippen molar-refractivity contribution >= 4 is 17.3 Å². The number of ether oxygens (including phenoxy) is 1. The first kappa shape index (κ1) is 15.4. The molecular formula is C14H10ClF4NO. The Labute approximate surface area is 123 Å². The first-order valence-corrected chi connectivity index (χ1v) is 6.26. The number of hydrogen-bond donors (Lipinski definition) is 1. The minimum absolute atomic E-state index is 0.00876. The number of benzene rings is 2. The van der Waals surface area contributed by atoms with Crippen molar-refractivity contribution in [2.75, 3.05) is 5.32 Å². The molecule has 0 aliphatic rings. The van der Waals surface area contributed by atoms with Gasteiger partial charge in [-0.3, -0.25) is 0 Å². The van der Waals surface area contributed by atoms with E-state index in [1.165, 1.54) is 12.1 Å². The summed E-state index contributed by atoms with van der Waals surface area (Å²) < 4.78 is 55.4. The van der Waals surface area contributed by atoms with E-state index in [0.29, 0.717) is 11.6 Å². The summed E-state index contributed by atoms with van der Waals surface area (Å²) in [5.74, 6) is -1.70. The maximum atomic E-state index is 13.6. The molecule has 0 atom stereocenters. The van der Waals surface area contributed by atoms with Crippen molar-refractivity contribution in [3.63, 3.8) is 0 Å². The van der Waals surface area contributed by atoms with E-state index >= 15 is 0 Å². The predicted molar refractivity (Wildman–Crippen MR) is 71.8 cm³/mol. The number of rotatable bonds is 5. The summed E-state index contributed by atoms with van der Waals surface area (Å²) in [6, 6.07) is 7.70. The highest BCUT2D eigenvalue weighted by atomic mass is 35.5. The van der Waals surface area contributed by atoms with Gasteiger partial charge in [-0.15, -0.1) is 0 Å². The monoisotopic (exact) mass is 319 g/mol. The molecular weight excluding hydrogens is 310 g/mol. The van der Waals surface area contributed by atoms with Gasteiger partial charge in [0, 0.05) is 18.2 Å². The molecule has 21 heavy (non-hydrogen) atoms. The number of hydrogen-bond acceptors (Lipinski definition) is 2. The normalized spacial score (nSPS) is 10.8. The third-order valence-corrected chi connectivity index (χ3v) is 2.95. The molecule has 0 aliphatic heterocycles. The molecule has 1 N–H and O–H groups in total. The molecule has 2 rings (SSSR count). The highest BCUT2D eigenvalue weighted by Gasteiger charge is 2.12. The number of nitrogens with one attached hydrogen (secondary N) is 1. The van der Waals surface area contributed by atoms with Crippen LogP contribution in [0.2, 0.25) is 5.02 Å². The van der Waals surface area contributed by atoms with Crippen LogP contribution in [-0.4, -0.2) is 6.61 Å². The molecule has 0 aromatic heterocycles. The fraction of sp³-hybridized carbons (Fsp3) is 0.143. The zero-order valence-corrected chi connectivity index (χ0v) is 11.3. The van der Waals surface area contributed by atoms with Gasteiger partial charge in [0.2, 0.25) is 0 Å². The van der Waals surface area contributed by atoms with Gasteiger partial charge in [-0.25, -0.2) is 8.78 Å². The standard InChI is InChI=1S/C14H10ClF4NO/c15-10-5-9(16)6-11(17)13(10)20-7-8-3-1-2-4-12(8)21-14(18)19/h1-6,14,20H,7H2. The topological polar surface area (TPSA) is 21.3 Å². The SMILES string of the molecule is Fc1cc(F)c(NCc2ccccc2OC(F)F)c(Cl)c1. The summed E-state index contributed by atoms with van der Waals surface area (Å²) in [5.41, 5.74) is 0.280. The Kier molecular flexibility index (Phi) is 4.90. The Morgan fingerprint density at radius 2 is 1.86 bits per heavy atom. The number of anilines is 1. The predicted octanol–water partition coefficient (Wildman–Crippen LogP) is 4.83. The van der Waals surface area contributed by atoms with Gasteiger partial charge in [0.1, 0.15) is 11.6 Å². The van der Waals surface area contributed by atoms with E-state index in [-0.39, 0.29) is 23.0 Å². The van der Waals surface area contributed by atoms with Crippen molar-refractivity contribution < 1.29 is 22.3 Å². The molecule has 0 spiro atoms. The van der Waals surface area contributed by atoms with E-state index in [0.717, 1.165) is 6.07 Å². The van der Waals surface area contributed by atoms with E-state index in [9.17, 15) is 17.6 Å². The summed E-state index contributed by atoms with van der Waals surface area (Å²) in [6.45, 7) is -2.97. The highest BCUT2D eigenvalue weighted by Crippen LogP contribution is 2.28. The number of para-hydroxylation sites is 1. The van der Waals surface area contributed by atoms with Crippen molar-refractivity contribution in [2.45, 2.75) is 13.2 Å². The average molecular weight is 320 g/mol. The molecule has 0 aliphatic carbocycles. The van der Waals surface area contributed by atoms with Gasteiger partial charge in [0.15, 0.2) is 5.82 Å². The van der Waals surface area contributed by atoms with Crippen molar-refractivity contribution in [3.8, 4) is 5.75 Å². The maximum Gasteiger partial charge on any atom is 0.387 e. The number of alkyl halides is 2. The van der Waals surface area contributed by atoms with Gasteiger partial charge in [0.25, 0.3) is 0 Å². The summed E-state index contributed by atoms with van der Waals surface area (Å²) >= 11 is 5.73. The van der Waals surface area contributed by atoms with Crippen LogP contribution in [0.15, 0.2) is 36.4 Å². The van der Waals surface area contributed by atoms with E-state index in [1.54, 1.807) is 12.1 Å². The van der Waals surface area contributed by atoms with Crippen LogP contribution < -0.4 is 10.1 Å². The molecule has 2 aromatic rings. The maximum absolute atomic E-state index is 13.6. The second-order valence-corrected chi connectivity index (χ2v) is 4.49. The fourth-order valence-electron chi connectivity index (χ4n) is 1.76. The third kappa shape index (κ3) is 4.01. The molecule has 2 aromatic carbocycles. The lowest BCUT2D eigenvalue weighted by atomic mass is 10.2. The lowest BCUT2D eigenvalue weighted by molar-refractivity contribution is -0.0504. The molecule has 0 amide bonds. The molecule has 0 fully saturated rings. The van der Waals surface area contributed by atoms with E-state index in [1.807, 2.05) is 0 Å². The summed E-state index contributed by atoms with van der Waals surface area (Å²) in [7, 11) is 0. The zero-order chi connectivity index (χ0) is 15.4. The van der Waals surface area contributed by atoms with Crippen LogP contribution in [-0.2, 0) is 6.54 Å². The van der Waals surface area contributed by atoms with Crippen molar-refractivity contribution in [2.24, 2.45) is 0 Å². The van der Waals surface area contributed by atoms with Gasteiger partial charge in [-0.1, -0.05) is 29.8 Å². The van der Waals surface area contributed by atoms with Crippen LogP contribution in [0.4, 0.5) is 23.2 Å². The molecule has 0 unspecified atom stereocenters. The first-order valence-electron chi connectivity index (χ1n) is 5.88. The van der Waals surface area contributed by atoms with E-state index in [4.69, 9.17) is 11.6 Å². The number of halogens is 5. The van der Waals surface area contributed by atoms with Gasteiger partial charge in [-0.2, -0.15) is 8.78 Å². The van der Waals surface area contributed by atoms with Crippen LogP contribution in [0.1, 0.15) is 5.56 Å². The second kappa shape index (κ2) is 6.67. The van der Waals surface area contributed by atoms with Crippen LogP contribution in [0.5, 0.6) is 5.75 Å². The molecule has 0 saturated carbocycles. The molecule has 2 nitrogen and oxygen atoms in total. The van der Waals surface area contributed by atoms with Gasteiger partial charge in [0.05, 0.1) is 10.7 Å². The van der Waals surface area contributed by atoms with Gasteiger partial charge < -0.3 is 10.1 Å². The third-order valence-electron chi connectivity index (χ3n) is 2.65. The first-order chi connectivity index (χ1) is 9.97. The largest absolute Gasteiger partial charge is 0.434 e. The lowest BCUT2D eigenvalue weighted by Crippen LogP contribution is -2.08. The Morgan fingerprint density at radius 3 is 2.52 bits per heavy atom. The lowest BCUT2D eigenvalue weighted by Gasteiger charge is -2.13. The molecule has 0 radical (unpaired) electrons. The molecule has 0 bridgehead atoms. The minimum Gasteiger partial charge on any atom is -0.434 e. The quantitative estimate of drug-likeness (QED) is 0.797. The smallest absolute Gasteiger partial charge is 0.387 e. The second-order valence-electron chi connectivity index (χ2n) is 4.08. The molecule has 0 saturated heterocycles. The Morgan fingerprint density at radius 1 is 1.14 bits per heavy atom. The van der Waals surface area contributed by atoms with Crippen LogP contribution >= 0.6 is 11.6 Å². The molecule has 112 valence electrons. The van der Waals surface area contributed by atoms with Crippen molar-refractivity contribution in [3.05, 3.63) is 58.6 Å². The van der Waals surface area contributed by atoms with Crippen LogP contribution in [0.3, 0.4) is 0 Å². The minimum atomic E-state index is -2.96. The van der Waals surface area contributed by atoms with Crippen LogP contribution in [0.25, 0.3) is 0 Å². The van der Waals surface area contributed by atoms with Crippen molar-refractivity contribution in [1.82, 2.24) is 0 Å². The van der Waals surface area contributed by atoms with Crippen LogP contribution in [0, 0.1) is 11.6 Å². The summed E-state index contributed by atoms with van der Waals surface area (Å²) in [6.07, 6.45) is 0.